The minimum atomic E-state index is -0.197. The van der Waals surface area contributed by atoms with Crippen molar-refractivity contribution in [2.75, 3.05) is 18.4 Å². The van der Waals surface area contributed by atoms with E-state index in [4.69, 9.17) is 5.73 Å². The van der Waals surface area contributed by atoms with Gasteiger partial charge in [-0.2, -0.15) is 0 Å². The summed E-state index contributed by atoms with van der Waals surface area (Å²) in [6.45, 7) is 4.56. The Hall–Kier alpha value is -2.14. The van der Waals surface area contributed by atoms with Gasteiger partial charge in [-0.25, -0.2) is 0 Å². The molecule has 3 N–H and O–H groups in total. The Morgan fingerprint density at radius 2 is 1.92 bits per heavy atom. The summed E-state index contributed by atoms with van der Waals surface area (Å²) in [6.07, 6.45) is 6.02. The molecule has 1 heterocycles. The van der Waals surface area contributed by atoms with Gasteiger partial charge in [0.2, 0.25) is 11.8 Å². The minimum Gasteiger partial charge on any atom is -0.369 e. The molecule has 1 atom stereocenters. The van der Waals surface area contributed by atoms with Gasteiger partial charge in [0.25, 0.3) is 0 Å². The first-order valence-corrected chi connectivity index (χ1v) is 9.11. The summed E-state index contributed by atoms with van der Waals surface area (Å²) >= 11 is 0. The van der Waals surface area contributed by atoms with Crippen molar-refractivity contribution in [2.45, 2.75) is 39.2 Å². The van der Waals surface area contributed by atoms with Crippen LogP contribution in [0.5, 0.6) is 0 Å². The Morgan fingerprint density at radius 3 is 2.56 bits per heavy atom. The predicted octanol–water partition coefficient (Wildman–Crippen LogP) is 2.68. The highest BCUT2D eigenvalue weighted by atomic mass is 16.1. The van der Waals surface area contributed by atoms with Crippen LogP contribution in [-0.2, 0) is 16.1 Å². The van der Waals surface area contributed by atoms with E-state index in [1.54, 1.807) is 6.08 Å². The van der Waals surface area contributed by atoms with Crippen LogP contribution in [0.1, 0.15) is 38.2 Å². The quantitative estimate of drug-likeness (QED) is 0.781. The van der Waals surface area contributed by atoms with Crippen molar-refractivity contribution in [1.82, 2.24) is 4.90 Å². The molecular weight excluding hydrogens is 314 g/mol. The van der Waals surface area contributed by atoms with Crippen LogP contribution in [-0.4, -0.2) is 29.8 Å². The smallest absolute Gasteiger partial charge is 0.248 e. The second-order valence-corrected chi connectivity index (χ2v) is 7.33. The highest BCUT2D eigenvalue weighted by molar-refractivity contribution is 5.99. The molecule has 1 unspecified atom stereocenters. The van der Waals surface area contributed by atoms with Gasteiger partial charge >= 0.3 is 0 Å². The van der Waals surface area contributed by atoms with E-state index in [1.165, 1.54) is 24.0 Å². The number of rotatable bonds is 6. The van der Waals surface area contributed by atoms with Gasteiger partial charge in [-0.3, -0.25) is 14.5 Å². The van der Waals surface area contributed by atoms with Gasteiger partial charge in [-0.15, -0.1) is 0 Å². The molecule has 3 rings (SSSR count). The predicted molar refractivity (Wildman–Crippen MR) is 98.7 cm³/mol. The second-order valence-electron chi connectivity index (χ2n) is 7.33. The van der Waals surface area contributed by atoms with E-state index in [9.17, 15) is 9.59 Å². The summed E-state index contributed by atoms with van der Waals surface area (Å²) in [7, 11) is 0. The number of hydrogen-bond acceptors (Lipinski definition) is 3. The number of carbonyl (C=O) groups is 2. The van der Waals surface area contributed by atoms with E-state index in [2.05, 4.69) is 10.2 Å². The maximum absolute atomic E-state index is 12.0. The molecule has 2 aliphatic rings. The molecule has 1 aromatic carbocycles. The maximum atomic E-state index is 12.0. The fraction of sp³-hybridized carbons (Fsp3) is 0.500. The molecule has 0 spiro atoms. The molecular formula is C20H27N3O2. The third-order valence-corrected chi connectivity index (χ3v) is 5.12. The summed E-state index contributed by atoms with van der Waals surface area (Å²) in [5.74, 6) is 0.325. The van der Waals surface area contributed by atoms with Crippen LogP contribution in [0.4, 0.5) is 5.69 Å². The molecule has 1 saturated carbocycles. The summed E-state index contributed by atoms with van der Waals surface area (Å²) in [5.41, 5.74) is 8.59. The highest BCUT2D eigenvalue weighted by Gasteiger charge is 2.24. The van der Waals surface area contributed by atoms with Crippen LogP contribution in [0.15, 0.2) is 35.9 Å². The molecule has 2 amide bonds. The summed E-state index contributed by atoms with van der Waals surface area (Å²) < 4.78 is 0. The summed E-state index contributed by atoms with van der Waals surface area (Å²) in [5, 5.41) is 2.92. The fourth-order valence-corrected chi connectivity index (χ4v) is 3.42. The lowest BCUT2D eigenvalue weighted by molar-refractivity contribution is -0.123. The van der Waals surface area contributed by atoms with Gasteiger partial charge in [0.15, 0.2) is 0 Å². The average Bonchev–Trinajstić information content (AvgIpc) is 3.42. The van der Waals surface area contributed by atoms with Gasteiger partial charge < -0.3 is 11.1 Å². The lowest BCUT2D eigenvalue weighted by atomic mass is 9.97. The Labute approximate surface area is 149 Å². The maximum Gasteiger partial charge on any atom is 0.248 e. The first-order valence-electron chi connectivity index (χ1n) is 9.11. The molecule has 0 aromatic heterocycles. The Bertz CT molecular complexity index is 662. The van der Waals surface area contributed by atoms with Crippen molar-refractivity contribution in [1.29, 1.82) is 0 Å². The zero-order chi connectivity index (χ0) is 17.8. The number of anilines is 1. The number of amides is 2. The van der Waals surface area contributed by atoms with Gasteiger partial charge in [0, 0.05) is 24.9 Å². The molecule has 0 bridgehead atoms. The van der Waals surface area contributed by atoms with Gasteiger partial charge in [-0.05, 0) is 62.8 Å². The molecule has 5 nitrogen and oxygen atoms in total. The van der Waals surface area contributed by atoms with Gasteiger partial charge in [0.1, 0.15) is 0 Å². The fourth-order valence-electron chi connectivity index (χ4n) is 3.42. The minimum absolute atomic E-state index is 0.0335. The normalized spacial score (nSPS) is 21.8. The number of likely N-dealkylation sites (tertiary alicyclic amines) is 1. The summed E-state index contributed by atoms with van der Waals surface area (Å²) in [6, 6.07) is 7.92. The largest absolute Gasteiger partial charge is 0.369 e. The van der Waals surface area contributed by atoms with E-state index in [-0.39, 0.29) is 17.7 Å². The SMILES string of the molecule is CC(=CC(=O)Nc1ccc(CN2CCCC(C(N)=O)C2)cc1)C1CC1. The van der Waals surface area contributed by atoms with Crippen molar-refractivity contribution in [3.63, 3.8) is 0 Å². The standard InChI is InChI=1S/C20H27N3O2/c1-14(16-6-7-16)11-19(24)22-18-8-4-15(5-9-18)12-23-10-2-3-17(13-23)20(21)25/h4-5,8-9,11,16-17H,2-3,6-7,10,12-13H2,1H3,(H2,21,25)(H,22,24). The van der Waals surface area contributed by atoms with Crippen LogP contribution in [0.3, 0.4) is 0 Å². The van der Waals surface area contributed by atoms with Crippen molar-refractivity contribution < 1.29 is 9.59 Å². The zero-order valence-electron chi connectivity index (χ0n) is 14.8. The second kappa shape index (κ2) is 7.83. The third-order valence-electron chi connectivity index (χ3n) is 5.12. The van der Waals surface area contributed by atoms with E-state index in [0.29, 0.717) is 5.92 Å². The number of carbonyl (C=O) groups excluding carboxylic acids is 2. The lowest BCUT2D eigenvalue weighted by Gasteiger charge is -2.31. The molecule has 0 radical (unpaired) electrons. The van der Waals surface area contributed by atoms with Crippen LogP contribution in [0.25, 0.3) is 0 Å². The molecule has 134 valence electrons. The van der Waals surface area contributed by atoms with Crippen molar-refractivity contribution in [3.8, 4) is 0 Å². The Balaban J connectivity index is 1.52. The van der Waals surface area contributed by atoms with Crippen LogP contribution in [0, 0.1) is 11.8 Å². The number of nitrogens with zero attached hydrogens (tertiary/aromatic N) is 1. The molecule has 1 aliphatic carbocycles. The first-order chi connectivity index (χ1) is 12.0. The third kappa shape index (κ3) is 5.16. The molecule has 1 aromatic rings. The molecule has 25 heavy (non-hydrogen) atoms. The number of hydrogen-bond donors (Lipinski definition) is 2. The Morgan fingerprint density at radius 1 is 1.20 bits per heavy atom. The van der Waals surface area contributed by atoms with Crippen LogP contribution < -0.4 is 11.1 Å². The van der Waals surface area contributed by atoms with E-state index in [1.807, 2.05) is 31.2 Å². The topological polar surface area (TPSA) is 75.4 Å². The van der Waals surface area contributed by atoms with Crippen molar-refractivity contribution in [3.05, 3.63) is 41.5 Å². The molecule has 2 fully saturated rings. The first kappa shape index (κ1) is 17.7. The monoisotopic (exact) mass is 341 g/mol. The van der Waals surface area contributed by atoms with Gasteiger partial charge in [0.05, 0.1) is 5.92 Å². The molecule has 5 heteroatoms. The number of nitrogens with two attached hydrogens (primary N) is 1. The lowest BCUT2D eigenvalue weighted by Crippen LogP contribution is -2.40. The zero-order valence-corrected chi connectivity index (χ0v) is 14.8. The van der Waals surface area contributed by atoms with Gasteiger partial charge in [-0.1, -0.05) is 17.7 Å². The highest BCUT2D eigenvalue weighted by Crippen LogP contribution is 2.35. The van der Waals surface area contributed by atoms with Crippen LogP contribution >= 0.6 is 0 Å². The number of benzene rings is 1. The summed E-state index contributed by atoms with van der Waals surface area (Å²) in [4.78, 5) is 25.7. The number of primary amides is 1. The number of nitrogens with one attached hydrogen (secondary N) is 1. The van der Waals surface area contributed by atoms with Crippen molar-refractivity contribution >= 4 is 17.5 Å². The van der Waals surface area contributed by atoms with E-state index < -0.39 is 0 Å². The number of allylic oxidation sites excluding steroid dienone is 1. The molecule has 1 saturated heterocycles. The van der Waals surface area contributed by atoms with E-state index >= 15 is 0 Å². The average molecular weight is 341 g/mol. The van der Waals surface area contributed by atoms with Crippen LogP contribution in [0.2, 0.25) is 0 Å². The molecule has 1 aliphatic heterocycles. The Kier molecular flexibility index (Phi) is 5.53. The van der Waals surface area contributed by atoms with Crippen molar-refractivity contribution in [2.24, 2.45) is 17.6 Å². The van der Waals surface area contributed by atoms with E-state index in [0.717, 1.165) is 38.2 Å². The number of piperidine rings is 1.